The molecule has 11 heteroatoms. The van der Waals surface area contributed by atoms with Gasteiger partial charge < -0.3 is 34.4 Å². The third kappa shape index (κ3) is 4.31. The van der Waals surface area contributed by atoms with Crippen molar-refractivity contribution in [3.05, 3.63) is 36.3 Å². The quantitative estimate of drug-likeness (QED) is 0.497. The Balaban J connectivity index is 1.10. The first-order chi connectivity index (χ1) is 19.3. The van der Waals surface area contributed by atoms with Gasteiger partial charge in [-0.25, -0.2) is 9.97 Å². The van der Waals surface area contributed by atoms with Crippen molar-refractivity contribution in [2.75, 3.05) is 37.9 Å². The molecule has 40 heavy (non-hydrogen) atoms. The molecular weight excluding hydrogens is 508 g/mol. The number of hydrogen-bond donors (Lipinski definition) is 2. The number of nitrogens with zero attached hydrogens (tertiary/aromatic N) is 7. The van der Waals surface area contributed by atoms with Crippen LogP contribution in [0.2, 0.25) is 0 Å². The number of hydrogen-bond acceptors (Lipinski definition) is 9. The van der Waals surface area contributed by atoms with Gasteiger partial charge in [0.15, 0.2) is 0 Å². The van der Waals surface area contributed by atoms with E-state index in [9.17, 15) is 9.90 Å². The first-order valence-corrected chi connectivity index (χ1v) is 14.5. The fraction of sp³-hybridized carbons (Fsp3) is 0.586. The van der Waals surface area contributed by atoms with Gasteiger partial charge in [0.2, 0.25) is 12.4 Å². The van der Waals surface area contributed by atoms with Crippen molar-refractivity contribution in [2.24, 2.45) is 0 Å². The molecule has 2 bridgehead atoms. The molecule has 4 fully saturated rings. The van der Waals surface area contributed by atoms with Gasteiger partial charge in [-0.15, -0.1) is 0 Å². The van der Waals surface area contributed by atoms with Gasteiger partial charge >= 0.3 is 0 Å². The van der Waals surface area contributed by atoms with Gasteiger partial charge in [-0.1, -0.05) is 12.8 Å². The summed E-state index contributed by atoms with van der Waals surface area (Å²) in [6.45, 7) is 0.662. The maximum atomic E-state index is 13.0. The molecule has 3 saturated heterocycles. The first kappa shape index (κ1) is 25.7. The zero-order valence-corrected chi connectivity index (χ0v) is 23.5. The molecule has 1 spiro atoms. The third-order valence-electron chi connectivity index (χ3n) is 9.49. The van der Waals surface area contributed by atoms with E-state index in [1.807, 2.05) is 23.1 Å². The topological polar surface area (TPSA) is 112 Å². The van der Waals surface area contributed by atoms with E-state index in [4.69, 9.17) is 9.72 Å². The van der Waals surface area contributed by atoms with Gasteiger partial charge in [-0.2, -0.15) is 4.98 Å². The van der Waals surface area contributed by atoms with Crippen molar-refractivity contribution in [2.45, 2.75) is 81.5 Å². The summed E-state index contributed by atoms with van der Waals surface area (Å²) in [7, 11) is 5.76. The molecule has 0 aromatic carbocycles. The van der Waals surface area contributed by atoms with E-state index in [0.717, 1.165) is 55.2 Å². The predicted molar refractivity (Wildman–Crippen MR) is 152 cm³/mol. The normalized spacial score (nSPS) is 28.7. The van der Waals surface area contributed by atoms with Gasteiger partial charge in [-0.05, 0) is 63.8 Å². The molecule has 0 radical (unpaired) electrons. The van der Waals surface area contributed by atoms with E-state index in [0.29, 0.717) is 36.1 Å². The lowest BCUT2D eigenvalue weighted by Crippen LogP contribution is -2.51. The molecule has 4 aliphatic rings. The number of carbonyl (C=O) groups is 1. The highest BCUT2D eigenvalue weighted by atomic mass is 16.7. The summed E-state index contributed by atoms with van der Waals surface area (Å²) in [5.41, 5.74) is 1.93. The molecule has 1 saturated carbocycles. The molecule has 2 N–H and O–H groups in total. The van der Waals surface area contributed by atoms with E-state index in [1.165, 1.54) is 12.8 Å². The highest BCUT2D eigenvalue weighted by molar-refractivity contribution is 5.97. The van der Waals surface area contributed by atoms with E-state index < -0.39 is 6.41 Å². The second-order valence-corrected chi connectivity index (χ2v) is 12.3. The summed E-state index contributed by atoms with van der Waals surface area (Å²) < 4.78 is 8.31. The minimum absolute atomic E-state index is 0.0283. The van der Waals surface area contributed by atoms with Crippen LogP contribution in [0.3, 0.4) is 0 Å². The Morgan fingerprint density at radius 2 is 1.82 bits per heavy atom. The summed E-state index contributed by atoms with van der Waals surface area (Å²) in [6.07, 6.45) is 11.2. The number of amides is 1. The SMILES string of the molecule is CN(C)C(=O)c1cc2cnc(Nc3ccc(N4CC5(CC6CCC(C5)N6C)OC4O)cn3)nc2n1C1CCCC1. The standard InChI is InChI=1S/C29H38N8O3/c1-34(2)26(38)23-12-18-15-31-27(33-25(18)37(23)19-6-4-5-7-19)32-24-11-10-22(16-30-24)36-17-29(40-28(36)39)13-20-8-9-21(14-29)35(20)3/h10-12,15-16,19-21,28,39H,4-9,13-14,17H2,1-3H3,(H,30,31,32,33). The number of ether oxygens (including phenoxy) is 1. The Morgan fingerprint density at radius 3 is 2.50 bits per heavy atom. The number of pyridine rings is 1. The van der Waals surface area contributed by atoms with Crippen LogP contribution in [0.25, 0.3) is 11.0 Å². The number of aromatic nitrogens is 4. The molecule has 3 aromatic heterocycles. The number of aliphatic hydroxyl groups is 1. The minimum atomic E-state index is -0.975. The lowest BCUT2D eigenvalue weighted by Gasteiger charge is -2.42. The van der Waals surface area contributed by atoms with Crippen LogP contribution in [-0.4, -0.2) is 92.1 Å². The van der Waals surface area contributed by atoms with Crippen molar-refractivity contribution in [1.82, 2.24) is 29.3 Å². The molecule has 11 nitrogen and oxygen atoms in total. The summed E-state index contributed by atoms with van der Waals surface area (Å²) in [4.78, 5) is 32.9. The molecule has 3 atom stereocenters. The summed E-state index contributed by atoms with van der Waals surface area (Å²) in [6, 6.07) is 7.03. The number of piperidine rings is 1. The first-order valence-electron chi connectivity index (χ1n) is 14.5. The van der Waals surface area contributed by atoms with Crippen LogP contribution < -0.4 is 10.2 Å². The van der Waals surface area contributed by atoms with Gasteiger partial charge in [-0.3, -0.25) is 4.79 Å². The highest BCUT2D eigenvalue weighted by Gasteiger charge is 2.53. The number of fused-ring (bicyclic) bond motifs is 3. The molecule has 6 heterocycles. The van der Waals surface area contributed by atoms with Gasteiger partial charge in [0, 0.05) is 43.8 Å². The van der Waals surface area contributed by atoms with E-state index >= 15 is 0 Å². The fourth-order valence-electron chi connectivity index (χ4n) is 7.42. The van der Waals surface area contributed by atoms with Crippen LogP contribution in [0.5, 0.6) is 0 Å². The van der Waals surface area contributed by atoms with Crippen LogP contribution in [0, 0.1) is 0 Å². The Kier molecular flexibility index (Phi) is 6.21. The largest absolute Gasteiger partial charge is 0.351 e. The van der Waals surface area contributed by atoms with Crippen LogP contribution in [-0.2, 0) is 4.74 Å². The molecule has 3 unspecified atom stereocenters. The number of aliphatic hydroxyl groups excluding tert-OH is 1. The van der Waals surface area contributed by atoms with E-state index in [2.05, 4.69) is 31.8 Å². The molecule has 3 aliphatic heterocycles. The average Bonchev–Trinajstić information content (AvgIpc) is 3.70. The number of nitrogens with one attached hydrogen (secondary N) is 1. The number of carbonyl (C=O) groups excluding carboxylic acids is 1. The zero-order chi connectivity index (χ0) is 27.6. The summed E-state index contributed by atoms with van der Waals surface area (Å²) in [5, 5.41) is 14.9. The third-order valence-corrected chi connectivity index (χ3v) is 9.49. The monoisotopic (exact) mass is 546 g/mol. The fourth-order valence-corrected chi connectivity index (χ4v) is 7.42. The van der Waals surface area contributed by atoms with Gasteiger partial charge in [0.1, 0.15) is 17.2 Å². The molecule has 1 amide bonds. The second kappa shape index (κ2) is 9.67. The average molecular weight is 547 g/mol. The molecule has 212 valence electrons. The second-order valence-electron chi connectivity index (χ2n) is 12.3. The van der Waals surface area contributed by atoms with Crippen molar-refractivity contribution in [3.63, 3.8) is 0 Å². The number of anilines is 3. The minimum Gasteiger partial charge on any atom is -0.351 e. The summed E-state index contributed by atoms with van der Waals surface area (Å²) >= 11 is 0. The van der Waals surface area contributed by atoms with E-state index in [1.54, 1.807) is 31.4 Å². The van der Waals surface area contributed by atoms with Crippen LogP contribution >= 0.6 is 0 Å². The molecule has 1 aliphatic carbocycles. The summed E-state index contributed by atoms with van der Waals surface area (Å²) in [5.74, 6) is 1.01. The van der Waals surface area contributed by atoms with Gasteiger partial charge in [0.25, 0.3) is 5.91 Å². The maximum Gasteiger partial charge on any atom is 0.270 e. The number of rotatable bonds is 5. The van der Waals surface area contributed by atoms with E-state index in [-0.39, 0.29) is 17.6 Å². The van der Waals surface area contributed by atoms with Crippen molar-refractivity contribution in [3.8, 4) is 0 Å². The molecular formula is C29H38N8O3. The Bertz CT molecular complexity index is 1400. The lowest BCUT2D eigenvalue weighted by molar-refractivity contribution is -0.158. The maximum absolute atomic E-state index is 13.0. The highest BCUT2D eigenvalue weighted by Crippen LogP contribution is 2.46. The smallest absolute Gasteiger partial charge is 0.270 e. The zero-order valence-electron chi connectivity index (χ0n) is 23.5. The Hall–Kier alpha value is -3.28. The van der Waals surface area contributed by atoms with Crippen molar-refractivity contribution in [1.29, 1.82) is 0 Å². The van der Waals surface area contributed by atoms with Gasteiger partial charge in [0.05, 0.1) is 24.0 Å². The molecule has 7 rings (SSSR count). The van der Waals surface area contributed by atoms with Crippen molar-refractivity contribution >= 4 is 34.4 Å². The molecule has 3 aromatic rings. The van der Waals surface area contributed by atoms with Crippen molar-refractivity contribution < 1.29 is 14.6 Å². The van der Waals surface area contributed by atoms with Crippen LogP contribution in [0.15, 0.2) is 30.6 Å². The Morgan fingerprint density at radius 1 is 1.07 bits per heavy atom. The lowest BCUT2D eigenvalue weighted by atomic mass is 9.86. The van der Waals surface area contributed by atoms with Crippen LogP contribution in [0.4, 0.5) is 17.5 Å². The Labute approximate surface area is 234 Å². The van der Waals surface area contributed by atoms with Crippen LogP contribution in [0.1, 0.15) is 67.9 Å². The predicted octanol–water partition coefficient (Wildman–Crippen LogP) is 3.49.